The Morgan fingerprint density at radius 2 is 2.12 bits per heavy atom. The maximum absolute atomic E-state index is 3.68. The van der Waals surface area contributed by atoms with Crippen molar-refractivity contribution in [2.45, 2.75) is 32.2 Å². The molecule has 17 heavy (non-hydrogen) atoms. The fraction of sp³-hybridized carbons (Fsp3) is 0.600. The third kappa shape index (κ3) is 2.32. The van der Waals surface area contributed by atoms with Gasteiger partial charge in [-0.3, -0.25) is 0 Å². The minimum Gasteiger partial charge on any atom is -0.368 e. The van der Waals surface area contributed by atoms with Crippen LogP contribution in [0.4, 0.5) is 5.69 Å². The maximum Gasteiger partial charge on any atom is 0.0399 e. The number of para-hydroxylation sites is 1. The molecule has 1 unspecified atom stereocenters. The SMILES string of the molecule is CCc1ccccc1N1CCNC(C2CC2)C1. The Bertz CT molecular complexity index is 384. The number of rotatable bonds is 3. The van der Waals surface area contributed by atoms with Gasteiger partial charge in [0.1, 0.15) is 0 Å². The second kappa shape index (κ2) is 4.69. The first kappa shape index (κ1) is 11.1. The van der Waals surface area contributed by atoms with E-state index in [0.29, 0.717) is 0 Å². The predicted octanol–water partition coefficient (Wildman–Crippen LogP) is 2.44. The van der Waals surface area contributed by atoms with Gasteiger partial charge in [0.15, 0.2) is 0 Å². The Morgan fingerprint density at radius 1 is 1.29 bits per heavy atom. The van der Waals surface area contributed by atoms with Gasteiger partial charge in [0.2, 0.25) is 0 Å². The summed E-state index contributed by atoms with van der Waals surface area (Å²) in [6.45, 7) is 5.74. The zero-order chi connectivity index (χ0) is 11.7. The van der Waals surface area contributed by atoms with Gasteiger partial charge in [0, 0.05) is 31.4 Å². The second-order valence-electron chi connectivity index (χ2n) is 5.33. The van der Waals surface area contributed by atoms with E-state index in [9.17, 15) is 0 Å². The molecule has 2 fully saturated rings. The molecule has 1 aromatic carbocycles. The van der Waals surface area contributed by atoms with Gasteiger partial charge in [-0.2, -0.15) is 0 Å². The minimum atomic E-state index is 0.730. The molecule has 1 saturated carbocycles. The van der Waals surface area contributed by atoms with Crippen LogP contribution in [0.3, 0.4) is 0 Å². The molecule has 2 aliphatic rings. The molecule has 1 aliphatic heterocycles. The zero-order valence-corrected chi connectivity index (χ0v) is 10.7. The third-order valence-corrected chi connectivity index (χ3v) is 4.11. The van der Waals surface area contributed by atoms with Gasteiger partial charge in [-0.25, -0.2) is 0 Å². The average molecular weight is 230 g/mol. The summed E-state index contributed by atoms with van der Waals surface area (Å²) in [6.07, 6.45) is 4.00. The predicted molar refractivity (Wildman–Crippen MR) is 72.5 cm³/mol. The van der Waals surface area contributed by atoms with Crippen molar-refractivity contribution in [2.75, 3.05) is 24.5 Å². The number of hydrogen-bond acceptors (Lipinski definition) is 2. The molecule has 0 bridgehead atoms. The quantitative estimate of drug-likeness (QED) is 0.858. The molecular weight excluding hydrogens is 208 g/mol. The fourth-order valence-electron chi connectivity index (χ4n) is 2.93. The van der Waals surface area contributed by atoms with Gasteiger partial charge in [0.05, 0.1) is 0 Å². The molecular formula is C15H22N2. The molecule has 92 valence electrons. The molecule has 0 aromatic heterocycles. The van der Waals surface area contributed by atoms with Crippen molar-refractivity contribution in [3.8, 4) is 0 Å². The molecule has 0 radical (unpaired) electrons. The van der Waals surface area contributed by atoms with Crippen LogP contribution in [-0.2, 0) is 6.42 Å². The van der Waals surface area contributed by atoms with Crippen LogP contribution in [0.15, 0.2) is 24.3 Å². The van der Waals surface area contributed by atoms with Gasteiger partial charge in [-0.05, 0) is 36.8 Å². The average Bonchev–Trinajstić information content (AvgIpc) is 3.23. The van der Waals surface area contributed by atoms with E-state index in [-0.39, 0.29) is 0 Å². The monoisotopic (exact) mass is 230 g/mol. The summed E-state index contributed by atoms with van der Waals surface area (Å²) in [7, 11) is 0. The van der Waals surface area contributed by atoms with Crippen LogP contribution in [-0.4, -0.2) is 25.7 Å². The Balaban J connectivity index is 1.77. The van der Waals surface area contributed by atoms with Gasteiger partial charge in [-0.15, -0.1) is 0 Å². The highest BCUT2D eigenvalue weighted by atomic mass is 15.2. The van der Waals surface area contributed by atoms with Crippen molar-refractivity contribution in [1.82, 2.24) is 5.32 Å². The van der Waals surface area contributed by atoms with Gasteiger partial charge < -0.3 is 10.2 Å². The second-order valence-corrected chi connectivity index (χ2v) is 5.33. The zero-order valence-electron chi connectivity index (χ0n) is 10.7. The summed E-state index contributed by atoms with van der Waals surface area (Å²) in [6, 6.07) is 9.61. The molecule has 0 amide bonds. The highest BCUT2D eigenvalue weighted by Crippen LogP contribution is 2.34. The maximum atomic E-state index is 3.68. The van der Waals surface area contributed by atoms with E-state index < -0.39 is 0 Å². The lowest BCUT2D eigenvalue weighted by Gasteiger charge is -2.36. The van der Waals surface area contributed by atoms with E-state index in [0.717, 1.165) is 31.5 Å². The van der Waals surface area contributed by atoms with Crippen molar-refractivity contribution in [2.24, 2.45) is 5.92 Å². The van der Waals surface area contributed by atoms with Crippen molar-refractivity contribution in [1.29, 1.82) is 0 Å². The summed E-state index contributed by atoms with van der Waals surface area (Å²) in [4.78, 5) is 2.58. The van der Waals surface area contributed by atoms with Crippen LogP contribution in [0, 0.1) is 5.92 Å². The molecule has 0 spiro atoms. The minimum absolute atomic E-state index is 0.730. The highest BCUT2D eigenvalue weighted by Gasteiger charge is 2.34. The first-order valence-electron chi connectivity index (χ1n) is 6.94. The van der Waals surface area contributed by atoms with Crippen molar-refractivity contribution < 1.29 is 0 Å². The lowest BCUT2D eigenvalue weighted by atomic mass is 10.1. The topological polar surface area (TPSA) is 15.3 Å². The summed E-state index contributed by atoms with van der Waals surface area (Å²) in [5.41, 5.74) is 2.95. The number of benzene rings is 1. The normalized spacial score (nSPS) is 25.0. The number of nitrogens with zero attached hydrogens (tertiary/aromatic N) is 1. The number of nitrogens with one attached hydrogen (secondary N) is 1. The fourth-order valence-corrected chi connectivity index (χ4v) is 2.93. The summed E-state index contributed by atoms with van der Waals surface area (Å²) >= 11 is 0. The summed E-state index contributed by atoms with van der Waals surface area (Å²) in [5, 5.41) is 3.68. The van der Waals surface area contributed by atoms with E-state index in [1.54, 1.807) is 0 Å². The number of piperazine rings is 1. The van der Waals surface area contributed by atoms with Crippen molar-refractivity contribution in [3.63, 3.8) is 0 Å². The largest absolute Gasteiger partial charge is 0.368 e. The molecule has 1 aromatic rings. The Kier molecular flexibility index (Phi) is 3.06. The van der Waals surface area contributed by atoms with Gasteiger partial charge in [0.25, 0.3) is 0 Å². The van der Waals surface area contributed by atoms with E-state index in [1.165, 1.54) is 30.6 Å². The van der Waals surface area contributed by atoms with Crippen LogP contribution in [0.1, 0.15) is 25.3 Å². The summed E-state index contributed by atoms with van der Waals surface area (Å²) < 4.78 is 0. The first-order valence-corrected chi connectivity index (χ1v) is 6.94. The van der Waals surface area contributed by atoms with E-state index in [4.69, 9.17) is 0 Å². The number of aryl methyl sites for hydroxylation is 1. The van der Waals surface area contributed by atoms with Crippen LogP contribution in [0.25, 0.3) is 0 Å². The smallest absolute Gasteiger partial charge is 0.0399 e. The number of hydrogen-bond donors (Lipinski definition) is 1. The van der Waals surface area contributed by atoms with Crippen LogP contribution < -0.4 is 10.2 Å². The Morgan fingerprint density at radius 3 is 2.88 bits per heavy atom. The molecule has 1 saturated heterocycles. The van der Waals surface area contributed by atoms with Crippen LogP contribution in [0.5, 0.6) is 0 Å². The van der Waals surface area contributed by atoms with E-state index >= 15 is 0 Å². The van der Waals surface area contributed by atoms with Crippen LogP contribution >= 0.6 is 0 Å². The third-order valence-electron chi connectivity index (χ3n) is 4.11. The molecule has 1 N–H and O–H groups in total. The first-order chi connectivity index (χ1) is 8.38. The van der Waals surface area contributed by atoms with Crippen molar-refractivity contribution in [3.05, 3.63) is 29.8 Å². The molecule has 1 heterocycles. The van der Waals surface area contributed by atoms with Gasteiger partial charge in [-0.1, -0.05) is 25.1 Å². The Hall–Kier alpha value is -1.02. The standard InChI is InChI=1S/C15H22N2/c1-2-12-5-3-4-6-15(12)17-10-9-16-14(11-17)13-7-8-13/h3-6,13-14,16H,2,7-11H2,1H3. The molecule has 3 rings (SSSR count). The lowest BCUT2D eigenvalue weighted by Crippen LogP contribution is -2.52. The number of anilines is 1. The Labute approximate surface area is 104 Å². The van der Waals surface area contributed by atoms with Gasteiger partial charge >= 0.3 is 0 Å². The molecule has 1 aliphatic carbocycles. The lowest BCUT2D eigenvalue weighted by molar-refractivity contribution is 0.418. The molecule has 1 atom stereocenters. The van der Waals surface area contributed by atoms with Crippen molar-refractivity contribution >= 4 is 5.69 Å². The molecule has 2 nitrogen and oxygen atoms in total. The molecule has 2 heteroatoms. The van der Waals surface area contributed by atoms with Crippen LogP contribution in [0.2, 0.25) is 0 Å². The highest BCUT2D eigenvalue weighted by molar-refractivity contribution is 5.54. The summed E-state index contributed by atoms with van der Waals surface area (Å²) in [5.74, 6) is 0.951. The van der Waals surface area contributed by atoms with E-state index in [1.807, 2.05) is 0 Å². The van der Waals surface area contributed by atoms with E-state index in [2.05, 4.69) is 41.4 Å².